The average molecular weight is 366 g/mol. The van der Waals surface area contributed by atoms with E-state index in [-0.39, 0.29) is 17.9 Å². The van der Waals surface area contributed by atoms with E-state index >= 15 is 0 Å². The van der Waals surface area contributed by atoms with Gasteiger partial charge in [-0.15, -0.1) is 0 Å². The molecule has 27 heavy (non-hydrogen) atoms. The van der Waals surface area contributed by atoms with Crippen molar-refractivity contribution in [1.82, 2.24) is 14.8 Å². The molecule has 0 unspecified atom stereocenters. The molecule has 2 heterocycles. The highest BCUT2D eigenvalue weighted by Gasteiger charge is 2.34. The van der Waals surface area contributed by atoms with Gasteiger partial charge in [-0.3, -0.25) is 9.69 Å². The van der Waals surface area contributed by atoms with Gasteiger partial charge in [0.1, 0.15) is 17.5 Å². The van der Waals surface area contributed by atoms with Gasteiger partial charge in [-0.1, -0.05) is 12.1 Å². The van der Waals surface area contributed by atoms with Gasteiger partial charge in [0.15, 0.2) is 0 Å². The van der Waals surface area contributed by atoms with Crippen molar-refractivity contribution in [3.8, 4) is 11.8 Å². The van der Waals surface area contributed by atoms with Gasteiger partial charge in [-0.2, -0.15) is 5.26 Å². The molecule has 142 valence electrons. The van der Waals surface area contributed by atoms with Crippen molar-refractivity contribution in [3.05, 3.63) is 52.8 Å². The second-order valence-electron chi connectivity index (χ2n) is 7.19. The number of nitriles is 1. The van der Waals surface area contributed by atoms with Crippen LogP contribution in [0.1, 0.15) is 35.4 Å². The van der Waals surface area contributed by atoms with E-state index in [1.807, 2.05) is 36.7 Å². The van der Waals surface area contributed by atoms with Crippen molar-refractivity contribution < 1.29 is 9.53 Å². The van der Waals surface area contributed by atoms with Crippen LogP contribution < -0.4 is 10.1 Å². The summed E-state index contributed by atoms with van der Waals surface area (Å²) < 4.78 is 7.18. The van der Waals surface area contributed by atoms with Crippen molar-refractivity contribution in [2.75, 3.05) is 20.2 Å². The molecule has 1 aromatic heterocycles. The molecule has 1 aromatic carbocycles. The molecular weight excluding hydrogens is 340 g/mol. The second kappa shape index (κ2) is 7.85. The molecule has 0 spiro atoms. The number of nitrogens with zero attached hydrogens (tertiary/aromatic N) is 3. The number of methoxy groups -OCH3 is 1. The van der Waals surface area contributed by atoms with E-state index in [0.717, 1.165) is 36.6 Å². The van der Waals surface area contributed by atoms with Crippen LogP contribution in [0.2, 0.25) is 0 Å². The van der Waals surface area contributed by atoms with Crippen LogP contribution in [-0.2, 0) is 18.4 Å². The summed E-state index contributed by atoms with van der Waals surface area (Å²) in [6.45, 7) is 6.01. The van der Waals surface area contributed by atoms with Gasteiger partial charge in [-0.25, -0.2) is 0 Å². The number of benzene rings is 1. The average Bonchev–Trinajstić information content (AvgIpc) is 3.17. The quantitative estimate of drug-likeness (QED) is 0.882. The number of carbonyl (C=O) groups is 1. The largest absolute Gasteiger partial charge is 0.497 e. The third kappa shape index (κ3) is 3.99. The first-order chi connectivity index (χ1) is 12.9. The zero-order chi connectivity index (χ0) is 19.6. The van der Waals surface area contributed by atoms with Crippen LogP contribution in [0.15, 0.2) is 30.3 Å². The zero-order valence-corrected chi connectivity index (χ0v) is 16.3. The Hall–Kier alpha value is -2.78. The molecule has 1 N–H and O–H groups in total. The Kier molecular flexibility index (Phi) is 5.52. The lowest BCUT2D eigenvalue weighted by molar-refractivity contribution is -0.119. The third-order valence-corrected chi connectivity index (χ3v) is 5.48. The van der Waals surface area contributed by atoms with Crippen LogP contribution in [0, 0.1) is 18.3 Å². The molecule has 6 heteroatoms. The fourth-order valence-electron chi connectivity index (χ4n) is 3.88. The van der Waals surface area contributed by atoms with Gasteiger partial charge in [0.2, 0.25) is 5.91 Å². The van der Waals surface area contributed by atoms with E-state index in [1.54, 1.807) is 14.0 Å². The Balaban J connectivity index is 1.80. The van der Waals surface area contributed by atoms with E-state index < -0.39 is 0 Å². The van der Waals surface area contributed by atoms with Crippen molar-refractivity contribution in [3.63, 3.8) is 0 Å². The van der Waals surface area contributed by atoms with Crippen molar-refractivity contribution >= 4 is 5.91 Å². The maximum Gasteiger partial charge on any atom is 0.217 e. The Labute approximate surface area is 160 Å². The number of likely N-dealkylation sites (tertiary alicyclic amines) is 1. The highest BCUT2D eigenvalue weighted by atomic mass is 16.5. The molecule has 0 bridgehead atoms. The molecule has 1 fully saturated rings. The Morgan fingerprint density at radius 2 is 2.04 bits per heavy atom. The maximum atomic E-state index is 11.7. The number of nitrogens with one attached hydrogen (secondary N) is 1. The summed E-state index contributed by atoms with van der Waals surface area (Å²) in [4.78, 5) is 14.0. The van der Waals surface area contributed by atoms with Crippen LogP contribution in [-0.4, -0.2) is 41.6 Å². The predicted molar refractivity (Wildman–Crippen MR) is 103 cm³/mol. The molecule has 2 atom stereocenters. The topological polar surface area (TPSA) is 70.3 Å². The summed E-state index contributed by atoms with van der Waals surface area (Å²) in [5, 5.41) is 12.4. The molecule has 2 aromatic rings. The van der Waals surface area contributed by atoms with Gasteiger partial charge in [0.05, 0.1) is 7.11 Å². The second-order valence-corrected chi connectivity index (χ2v) is 7.19. The molecule has 0 saturated carbocycles. The number of carbonyl (C=O) groups excluding carboxylic acids is 1. The van der Waals surface area contributed by atoms with E-state index in [1.165, 1.54) is 5.56 Å². The molecular formula is C21H26N4O2. The van der Waals surface area contributed by atoms with Gasteiger partial charge >= 0.3 is 0 Å². The lowest BCUT2D eigenvalue weighted by Gasteiger charge is -2.19. The van der Waals surface area contributed by atoms with Crippen LogP contribution in [0.25, 0.3) is 0 Å². The molecule has 0 radical (unpaired) electrons. The molecule has 6 nitrogen and oxygen atoms in total. The summed E-state index contributed by atoms with van der Waals surface area (Å²) >= 11 is 0. The van der Waals surface area contributed by atoms with Crippen molar-refractivity contribution in [2.24, 2.45) is 7.05 Å². The Morgan fingerprint density at radius 1 is 1.33 bits per heavy atom. The molecule has 0 aliphatic carbocycles. The number of rotatable bonds is 5. The lowest BCUT2D eigenvalue weighted by Crippen LogP contribution is -2.38. The normalized spacial score (nSPS) is 19.7. The van der Waals surface area contributed by atoms with E-state index in [9.17, 15) is 10.1 Å². The molecule has 1 amide bonds. The van der Waals surface area contributed by atoms with Gasteiger partial charge in [-0.05, 0) is 36.2 Å². The summed E-state index contributed by atoms with van der Waals surface area (Å²) in [5.74, 6) is 1.04. The molecule has 1 saturated heterocycles. The summed E-state index contributed by atoms with van der Waals surface area (Å²) in [7, 11) is 3.58. The third-order valence-electron chi connectivity index (χ3n) is 5.48. The summed E-state index contributed by atoms with van der Waals surface area (Å²) in [6, 6.07) is 12.3. The number of hydrogen-bond donors (Lipinski definition) is 1. The van der Waals surface area contributed by atoms with Crippen molar-refractivity contribution in [1.29, 1.82) is 5.26 Å². The van der Waals surface area contributed by atoms with Gasteiger partial charge < -0.3 is 14.6 Å². The molecule has 1 aliphatic heterocycles. The fraction of sp³-hybridized carbons (Fsp3) is 0.429. The zero-order valence-electron chi connectivity index (χ0n) is 16.3. The predicted octanol–water partition coefficient (Wildman–Crippen LogP) is 2.32. The monoisotopic (exact) mass is 366 g/mol. The van der Waals surface area contributed by atoms with E-state index in [2.05, 4.69) is 28.4 Å². The highest BCUT2D eigenvalue weighted by Crippen LogP contribution is 2.30. The van der Waals surface area contributed by atoms with E-state index in [0.29, 0.717) is 5.69 Å². The summed E-state index contributed by atoms with van der Waals surface area (Å²) in [5.41, 5.74) is 4.13. The molecule has 1 aliphatic rings. The van der Waals surface area contributed by atoms with Crippen molar-refractivity contribution in [2.45, 2.75) is 32.4 Å². The van der Waals surface area contributed by atoms with Crippen LogP contribution in [0.4, 0.5) is 0 Å². The maximum absolute atomic E-state index is 11.7. The van der Waals surface area contributed by atoms with Gasteiger partial charge in [0, 0.05) is 51.3 Å². The summed E-state index contributed by atoms with van der Waals surface area (Å²) in [6.07, 6.45) is 0. The number of ether oxygens (including phenoxy) is 1. The first-order valence-electron chi connectivity index (χ1n) is 9.11. The smallest absolute Gasteiger partial charge is 0.217 e. The Morgan fingerprint density at radius 3 is 2.59 bits per heavy atom. The van der Waals surface area contributed by atoms with Crippen LogP contribution >= 0.6 is 0 Å². The molecule has 3 rings (SSSR count). The van der Waals surface area contributed by atoms with Gasteiger partial charge in [0.25, 0.3) is 0 Å². The minimum absolute atomic E-state index is 0.0111. The van der Waals surface area contributed by atoms with E-state index in [4.69, 9.17) is 4.74 Å². The highest BCUT2D eigenvalue weighted by molar-refractivity contribution is 5.73. The lowest BCUT2D eigenvalue weighted by atomic mass is 9.94. The number of amides is 1. The Bertz CT molecular complexity index is 864. The number of hydrogen-bond acceptors (Lipinski definition) is 4. The minimum Gasteiger partial charge on any atom is -0.497 e. The minimum atomic E-state index is -0.0111. The number of aromatic nitrogens is 1. The first-order valence-corrected chi connectivity index (χ1v) is 9.11. The van der Waals surface area contributed by atoms with Crippen LogP contribution in [0.3, 0.4) is 0 Å². The standard InChI is InChI=1S/C21H26N4O2/c1-14-17(9-18(10-22)24(14)3)11-25-12-20(21(13-25)23-15(2)26)16-5-7-19(27-4)8-6-16/h5-9,20-21H,11-13H2,1-4H3,(H,23,26)/t20-,21+/m1/s1. The SMILES string of the molecule is COc1ccc([C@H]2CN(Cc3cc(C#N)n(C)c3C)C[C@@H]2NC(C)=O)cc1. The van der Waals surface area contributed by atoms with Crippen LogP contribution in [0.5, 0.6) is 5.75 Å². The fourth-order valence-corrected chi connectivity index (χ4v) is 3.88. The first kappa shape index (κ1) is 19.0.